The van der Waals surface area contributed by atoms with Gasteiger partial charge in [-0.15, -0.1) is 10.2 Å². The summed E-state index contributed by atoms with van der Waals surface area (Å²) >= 11 is 6.22. The molecule has 0 spiro atoms. The number of likely N-dealkylation sites (N-methyl/N-ethyl adjacent to an activating group) is 1. The fourth-order valence-corrected chi connectivity index (χ4v) is 4.91. The Bertz CT molecular complexity index is 1730. The van der Waals surface area contributed by atoms with Gasteiger partial charge in [-0.1, -0.05) is 11.6 Å². The van der Waals surface area contributed by atoms with E-state index in [1.54, 1.807) is 24.7 Å². The Morgan fingerprint density at radius 1 is 1.16 bits per heavy atom. The maximum atomic E-state index is 13.3. The summed E-state index contributed by atoms with van der Waals surface area (Å²) in [7, 11) is 2.11. The first-order chi connectivity index (χ1) is 20.8. The SMILES string of the molecule is CN1CCN(CCn2nnc(Cn3cc(NC(=O)c4cnn5cccnc45)c(-c4cc(Cl)ccc4OC(F)F)n3)n2)CC1. The monoisotopic (exact) mass is 612 g/mol. The van der Waals surface area contributed by atoms with Crippen molar-refractivity contribution in [2.45, 2.75) is 19.7 Å². The van der Waals surface area contributed by atoms with Crippen molar-refractivity contribution < 1.29 is 18.3 Å². The summed E-state index contributed by atoms with van der Waals surface area (Å²) in [6.45, 7) is 2.38. The van der Waals surface area contributed by atoms with Crippen molar-refractivity contribution in [1.82, 2.24) is 54.4 Å². The molecular weight excluding hydrogens is 586 g/mol. The predicted octanol–water partition coefficient (Wildman–Crippen LogP) is 2.38. The molecule has 0 atom stereocenters. The van der Waals surface area contributed by atoms with E-state index in [1.807, 2.05) is 0 Å². The Morgan fingerprint density at radius 3 is 2.81 bits per heavy atom. The summed E-state index contributed by atoms with van der Waals surface area (Å²) in [5, 5.41) is 24.6. The van der Waals surface area contributed by atoms with Crippen LogP contribution in [-0.4, -0.2) is 107 Å². The first kappa shape index (κ1) is 28.6. The highest BCUT2D eigenvalue weighted by atomic mass is 35.5. The maximum absolute atomic E-state index is 13.3. The van der Waals surface area contributed by atoms with Gasteiger partial charge in [0.15, 0.2) is 11.5 Å². The molecule has 14 nitrogen and oxygen atoms in total. The lowest BCUT2D eigenvalue weighted by Crippen LogP contribution is -2.45. The number of nitrogens with one attached hydrogen (secondary N) is 1. The third-order valence-electron chi connectivity index (χ3n) is 6.96. The van der Waals surface area contributed by atoms with Crippen molar-refractivity contribution in [1.29, 1.82) is 0 Å². The Kier molecular flexibility index (Phi) is 8.22. The van der Waals surface area contributed by atoms with Crippen molar-refractivity contribution in [2.24, 2.45) is 0 Å². The van der Waals surface area contributed by atoms with Crippen LogP contribution in [0.3, 0.4) is 0 Å². The number of alkyl halides is 2. The van der Waals surface area contributed by atoms with E-state index in [0.717, 1.165) is 32.7 Å². The molecule has 5 aromatic rings. The van der Waals surface area contributed by atoms with Crippen LogP contribution in [0.25, 0.3) is 16.9 Å². The number of aromatic nitrogens is 9. The fraction of sp³-hybridized carbons (Fsp3) is 0.346. The number of carbonyl (C=O) groups excluding carboxylic acids is 1. The van der Waals surface area contributed by atoms with Gasteiger partial charge < -0.3 is 15.0 Å². The highest BCUT2D eigenvalue weighted by Gasteiger charge is 2.23. The summed E-state index contributed by atoms with van der Waals surface area (Å²) in [5.74, 6) is -0.307. The average Bonchev–Trinajstić information content (AvgIpc) is 3.72. The number of fused-ring (bicyclic) bond motifs is 1. The number of hydrogen-bond acceptors (Lipinski definition) is 10. The maximum Gasteiger partial charge on any atom is 0.387 e. The number of piperazine rings is 1. The number of hydrogen-bond donors (Lipinski definition) is 1. The molecular formula is C26H27ClF2N12O2. The topological polar surface area (TPSA) is 136 Å². The first-order valence-electron chi connectivity index (χ1n) is 13.4. The fourth-order valence-electron chi connectivity index (χ4n) is 4.74. The van der Waals surface area contributed by atoms with Crippen molar-refractivity contribution in [3.05, 3.63) is 65.5 Å². The number of ether oxygens (including phenoxy) is 1. The van der Waals surface area contributed by atoms with Crippen LogP contribution in [0, 0.1) is 0 Å². The lowest BCUT2D eigenvalue weighted by atomic mass is 10.1. The van der Waals surface area contributed by atoms with E-state index in [4.69, 9.17) is 16.3 Å². The van der Waals surface area contributed by atoms with Crippen molar-refractivity contribution in [3.63, 3.8) is 0 Å². The molecule has 17 heteroatoms. The van der Waals surface area contributed by atoms with Gasteiger partial charge in [0.1, 0.15) is 23.6 Å². The second-order valence-electron chi connectivity index (χ2n) is 9.95. The predicted molar refractivity (Wildman–Crippen MR) is 151 cm³/mol. The van der Waals surface area contributed by atoms with Crippen LogP contribution < -0.4 is 10.1 Å². The second-order valence-corrected chi connectivity index (χ2v) is 10.4. The van der Waals surface area contributed by atoms with Gasteiger partial charge in [0.25, 0.3) is 5.91 Å². The summed E-state index contributed by atoms with van der Waals surface area (Å²) in [4.78, 5) is 23.7. The zero-order valence-corrected chi connectivity index (χ0v) is 23.8. The van der Waals surface area contributed by atoms with E-state index in [0.29, 0.717) is 18.0 Å². The summed E-state index contributed by atoms with van der Waals surface area (Å²) in [5.41, 5.74) is 1.07. The van der Waals surface area contributed by atoms with Gasteiger partial charge in [-0.05, 0) is 36.5 Å². The Balaban J connectivity index is 1.27. The van der Waals surface area contributed by atoms with Crippen LogP contribution >= 0.6 is 11.6 Å². The van der Waals surface area contributed by atoms with Gasteiger partial charge in [-0.3, -0.25) is 14.4 Å². The van der Waals surface area contributed by atoms with Crippen LogP contribution in [0.1, 0.15) is 16.2 Å². The minimum atomic E-state index is -3.09. The molecule has 1 aliphatic rings. The van der Waals surface area contributed by atoms with Gasteiger partial charge in [-0.25, -0.2) is 9.50 Å². The highest BCUT2D eigenvalue weighted by molar-refractivity contribution is 6.31. The number of anilines is 1. The molecule has 5 heterocycles. The molecule has 1 fully saturated rings. The minimum absolute atomic E-state index is 0.0985. The number of nitrogens with zero attached hydrogens (tertiary/aromatic N) is 11. The summed E-state index contributed by atoms with van der Waals surface area (Å²) in [6.07, 6.45) is 6.14. The van der Waals surface area contributed by atoms with Crippen LogP contribution in [0.4, 0.5) is 14.5 Å². The average molecular weight is 613 g/mol. The molecule has 0 radical (unpaired) electrons. The van der Waals surface area contributed by atoms with Crippen molar-refractivity contribution >= 4 is 28.8 Å². The van der Waals surface area contributed by atoms with E-state index in [9.17, 15) is 13.6 Å². The number of carbonyl (C=O) groups is 1. The van der Waals surface area contributed by atoms with Gasteiger partial charge in [-0.2, -0.15) is 23.8 Å². The van der Waals surface area contributed by atoms with Crippen LogP contribution in [-0.2, 0) is 13.1 Å². The van der Waals surface area contributed by atoms with Crippen LogP contribution in [0.2, 0.25) is 5.02 Å². The Labute approximate surface area is 248 Å². The highest BCUT2D eigenvalue weighted by Crippen LogP contribution is 2.37. The molecule has 6 rings (SSSR count). The molecule has 1 N–H and O–H groups in total. The number of amides is 1. The number of rotatable bonds is 10. The van der Waals surface area contributed by atoms with Gasteiger partial charge >= 0.3 is 6.61 Å². The largest absolute Gasteiger partial charge is 0.434 e. The normalized spacial score (nSPS) is 14.5. The Morgan fingerprint density at radius 2 is 2.00 bits per heavy atom. The third kappa shape index (κ3) is 6.60. The molecule has 0 bridgehead atoms. The zero-order chi connectivity index (χ0) is 29.9. The van der Waals surface area contributed by atoms with Crippen LogP contribution in [0.5, 0.6) is 5.75 Å². The van der Waals surface area contributed by atoms with E-state index >= 15 is 0 Å². The molecule has 1 aromatic carbocycles. The smallest absolute Gasteiger partial charge is 0.387 e. The number of benzene rings is 1. The zero-order valence-electron chi connectivity index (χ0n) is 23.0. The van der Waals surface area contributed by atoms with Crippen LogP contribution in [0.15, 0.2) is 49.1 Å². The molecule has 0 aliphatic carbocycles. The summed E-state index contributed by atoms with van der Waals surface area (Å²) in [6, 6.07) is 5.86. The lowest BCUT2D eigenvalue weighted by molar-refractivity contribution is -0.0494. The van der Waals surface area contributed by atoms with Crippen molar-refractivity contribution in [2.75, 3.05) is 45.1 Å². The lowest BCUT2D eigenvalue weighted by Gasteiger charge is -2.31. The van der Waals surface area contributed by atoms with E-state index in [2.05, 4.69) is 52.8 Å². The molecule has 1 saturated heterocycles. The molecule has 1 amide bonds. The van der Waals surface area contributed by atoms with E-state index in [-0.39, 0.29) is 39.8 Å². The molecule has 1 aliphatic heterocycles. The summed E-state index contributed by atoms with van der Waals surface area (Å²) < 4.78 is 34.2. The molecule has 0 saturated carbocycles. The van der Waals surface area contributed by atoms with Gasteiger partial charge in [0.05, 0.1) is 18.4 Å². The standard InChI is InChI=1S/C26H27ClF2N12O2/c1-37-7-9-38(10-8-37)11-12-41-34-22(33-36-41)16-39-15-20(32-25(42)19-14-31-40-6-2-5-30-24(19)40)23(35-39)18-13-17(27)3-4-21(18)43-26(28)29/h2-6,13-15,26H,7-12,16H2,1H3,(H,32,42). The second kappa shape index (κ2) is 12.4. The van der Waals surface area contributed by atoms with Gasteiger partial charge in [0, 0.05) is 61.9 Å². The first-order valence-corrected chi connectivity index (χ1v) is 13.8. The minimum Gasteiger partial charge on any atom is -0.434 e. The quantitative estimate of drug-likeness (QED) is 0.250. The van der Waals surface area contributed by atoms with E-state index < -0.39 is 12.5 Å². The van der Waals surface area contributed by atoms with Crippen molar-refractivity contribution in [3.8, 4) is 17.0 Å². The molecule has 224 valence electrons. The molecule has 4 aromatic heterocycles. The molecule has 0 unspecified atom stereocenters. The third-order valence-corrected chi connectivity index (χ3v) is 7.19. The Hall–Kier alpha value is -4.54. The van der Waals surface area contributed by atoms with Gasteiger partial charge in [0.2, 0.25) is 0 Å². The number of halogens is 3. The molecule has 43 heavy (non-hydrogen) atoms. The number of tetrazole rings is 1. The van der Waals surface area contributed by atoms with E-state index in [1.165, 1.54) is 38.4 Å².